The number of β-amino-alcohol motifs (C(OH)–C–C–N with tert-alkyl or cyclic N) is 1. The van der Waals surface area contributed by atoms with E-state index in [9.17, 15) is 9.50 Å². The van der Waals surface area contributed by atoms with Crippen molar-refractivity contribution in [3.05, 3.63) is 94.3 Å². The number of aliphatic hydroxyl groups is 2. The van der Waals surface area contributed by atoms with E-state index in [-0.39, 0.29) is 31.1 Å². The summed E-state index contributed by atoms with van der Waals surface area (Å²) in [5, 5.41) is 30.1. The Morgan fingerprint density at radius 1 is 1.11 bits per heavy atom. The van der Waals surface area contributed by atoms with Crippen LogP contribution in [0, 0.1) is 17.1 Å². The lowest BCUT2D eigenvalue weighted by Gasteiger charge is -2.48. The van der Waals surface area contributed by atoms with Gasteiger partial charge in [0.05, 0.1) is 40.6 Å². The summed E-state index contributed by atoms with van der Waals surface area (Å²) in [7, 11) is 0. The maximum Gasteiger partial charge on any atom is 0.123 e. The van der Waals surface area contributed by atoms with Gasteiger partial charge in [-0.05, 0) is 61.4 Å². The van der Waals surface area contributed by atoms with Gasteiger partial charge in [0.2, 0.25) is 0 Å². The number of hydrogen-bond donors (Lipinski definition) is 2. The highest BCUT2D eigenvalue weighted by Gasteiger charge is 2.37. The molecule has 3 aromatic carbocycles. The van der Waals surface area contributed by atoms with Gasteiger partial charge >= 0.3 is 0 Å². The number of ether oxygens (including phenoxy) is 1. The fraction of sp³-hybridized carbons (Fsp3) is 0.345. The second kappa shape index (κ2) is 11.5. The van der Waals surface area contributed by atoms with Crippen LogP contribution in [-0.4, -0.2) is 54.0 Å². The van der Waals surface area contributed by atoms with Gasteiger partial charge in [0.1, 0.15) is 18.2 Å². The van der Waals surface area contributed by atoms with Crippen molar-refractivity contribution < 1.29 is 19.3 Å². The first-order valence-corrected chi connectivity index (χ1v) is 12.6. The van der Waals surface area contributed by atoms with Crippen molar-refractivity contribution in [2.24, 2.45) is 0 Å². The first kappa shape index (κ1) is 26.9. The summed E-state index contributed by atoms with van der Waals surface area (Å²) in [6.45, 7) is 5.58. The molecule has 194 valence electrons. The molecule has 37 heavy (non-hydrogen) atoms. The van der Waals surface area contributed by atoms with Crippen LogP contribution in [0.3, 0.4) is 0 Å². The molecular formula is C29H31ClFN3O3. The number of nitrogens with zero attached hydrogens (tertiary/aromatic N) is 3. The third kappa shape index (κ3) is 6.23. The zero-order chi connectivity index (χ0) is 26.6. The summed E-state index contributed by atoms with van der Waals surface area (Å²) < 4.78 is 19.3. The summed E-state index contributed by atoms with van der Waals surface area (Å²) in [5.41, 5.74) is 1.91. The quantitative estimate of drug-likeness (QED) is 0.438. The molecule has 8 heteroatoms. The minimum Gasteiger partial charge on any atom is -0.491 e. The standard InChI is InChI=1S/C29H31ClFN3O3/c1-20-17-34(27-12-11-25(15-26(27)30)37-14-13-35)28(22-5-9-24(31)10-6-22)18-33(20)19-29(2,36)23-7-3-21(16-32)4-8-23/h3-12,15,20,28,35-36H,13-14,17-19H2,1-2H3/t20?,28-,29+/m0/s1. The number of nitriles is 1. The lowest BCUT2D eigenvalue weighted by atomic mass is 9.92. The molecule has 1 saturated heterocycles. The molecule has 3 atom stereocenters. The van der Waals surface area contributed by atoms with Crippen LogP contribution in [0.4, 0.5) is 10.1 Å². The Labute approximate surface area is 222 Å². The third-order valence-electron chi connectivity index (χ3n) is 6.86. The van der Waals surface area contributed by atoms with Gasteiger partial charge in [-0.2, -0.15) is 5.26 Å². The maximum absolute atomic E-state index is 13.8. The smallest absolute Gasteiger partial charge is 0.123 e. The van der Waals surface area contributed by atoms with Crippen LogP contribution in [0.25, 0.3) is 0 Å². The van der Waals surface area contributed by atoms with Crippen LogP contribution in [0.1, 0.15) is 36.6 Å². The van der Waals surface area contributed by atoms with Crippen molar-refractivity contribution in [3.63, 3.8) is 0 Å². The average Bonchev–Trinajstić information content (AvgIpc) is 2.89. The third-order valence-corrected chi connectivity index (χ3v) is 7.16. The number of benzene rings is 3. The van der Waals surface area contributed by atoms with Crippen LogP contribution in [-0.2, 0) is 5.60 Å². The summed E-state index contributed by atoms with van der Waals surface area (Å²) in [6.07, 6.45) is 0. The molecule has 1 aliphatic heterocycles. The first-order valence-electron chi connectivity index (χ1n) is 12.2. The highest BCUT2D eigenvalue weighted by atomic mass is 35.5. The molecule has 1 aliphatic rings. The summed E-state index contributed by atoms with van der Waals surface area (Å²) in [5.74, 6) is 0.273. The van der Waals surface area contributed by atoms with Gasteiger partial charge in [0.15, 0.2) is 0 Å². The molecule has 1 heterocycles. The molecule has 2 N–H and O–H groups in total. The highest BCUT2D eigenvalue weighted by molar-refractivity contribution is 6.33. The molecule has 0 aliphatic carbocycles. The number of anilines is 1. The van der Waals surface area contributed by atoms with Crippen molar-refractivity contribution in [2.45, 2.75) is 31.5 Å². The number of hydrogen-bond acceptors (Lipinski definition) is 6. The number of halogens is 2. The van der Waals surface area contributed by atoms with Crippen molar-refractivity contribution >= 4 is 17.3 Å². The van der Waals surface area contributed by atoms with Crippen LogP contribution in [0.2, 0.25) is 5.02 Å². The topological polar surface area (TPSA) is 80.0 Å². The molecule has 6 nitrogen and oxygen atoms in total. The monoisotopic (exact) mass is 523 g/mol. The SMILES string of the molecule is CC1CN(c2ccc(OCCO)cc2Cl)[C@H](c2ccc(F)cc2)CN1C[C@@](C)(O)c1ccc(C#N)cc1. The van der Waals surface area contributed by atoms with E-state index in [2.05, 4.69) is 22.8 Å². The van der Waals surface area contributed by atoms with E-state index in [4.69, 9.17) is 26.7 Å². The number of piperazine rings is 1. The van der Waals surface area contributed by atoms with Crippen LogP contribution >= 0.6 is 11.6 Å². The number of rotatable bonds is 8. The first-order chi connectivity index (χ1) is 17.7. The van der Waals surface area contributed by atoms with E-state index in [1.165, 1.54) is 12.1 Å². The fourth-order valence-electron chi connectivity index (χ4n) is 4.85. The highest BCUT2D eigenvalue weighted by Crippen LogP contribution is 2.39. The lowest BCUT2D eigenvalue weighted by Crippen LogP contribution is -2.56. The Hall–Kier alpha value is -3.15. The minimum atomic E-state index is -1.14. The van der Waals surface area contributed by atoms with E-state index < -0.39 is 5.60 Å². The van der Waals surface area contributed by atoms with Gasteiger partial charge in [0.25, 0.3) is 0 Å². The molecule has 0 spiro atoms. The fourth-order valence-corrected chi connectivity index (χ4v) is 5.13. The average molecular weight is 524 g/mol. The van der Waals surface area contributed by atoms with E-state index in [1.54, 1.807) is 49.4 Å². The summed E-state index contributed by atoms with van der Waals surface area (Å²) >= 11 is 6.69. The second-order valence-electron chi connectivity index (χ2n) is 9.65. The zero-order valence-electron chi connectivity index (χ0n) is 20.9. The van der Waals surface area contributed by atoms with Crippen molar-refractivity contribution in [1.82, 2.24) is 4.90 Å². The molecular weight excluding hydrogens is 493 g/mol. The van der Waals surface area contributed by atoms with E-state index in [1.807, 2.05) is 12.1 Å². The molecule has 4 rings (SSSR count). The molecule has 1 unspecified atom stereocenters. The molecule has 0 saturated carbocycles. The van der Waals surface area contributed by atoms with Gasteiger partial charge < -0.3 is 19.8 Å². The van der Waals surface area contributed by atoms with Crippen molar-refractivity contribution in [1.29, 1.82) is 5.26 Å². The molecule has 0 bridgehead atoms. The van der Waals surface area contributed by atoms with Gasteiger partial charge in [0, 0.05) is 31.7 Å². The molecule has 1 fully saturated rings. The largest absolute Gasteiger partial charge is 0.491 e. The Kier molecular flexibility index (Phi) is 8.35. The number of aliphatic hydroxyl groups excluding tert-OH is 1. The second-order valence-corrected chi connectivity index (χ2v) is 10.1. The predicted molar refractivity (Wildman–Crippen MR) is 142 cm³/mol. The Morgan fingerprint density at radius 3 is 2.43 bits per heavy atom. The van der Waals surface area contributed by atoms with Gasteiger partial charge in [-0.15, -0.1) is 0 Å². The minimum absolute atomic E-state index is 0.0722. The Bertz CT molecular complexity index is 1240. The molecule has 3 aromatic rings. The lowest BCUT2D eigenvalue weighted by molar-refractivity contribution is -0.00369. The summed E-state index contributed by atoms with van der Waals surface area (Å²) in [4.78, 5) is 4.44. The Morgan fingerprint density at radius 2 is 1.81 bits per heavy atom. The molecule has 0 aromatic heterocycles. The predicted octanol–water partition coefficient (Wildman–Crippen LogP) is 4.88. The van der Waals surface area contributed by atoms with Crippen molar-refractivity contribution in [2.75, 3.05) is 37.7 Å². The van der Waals surface area contributed by atoms with E-state index >= 15 is 0 Å². The summed E-state index contributed by atoms with van der Waals surface area (Å²) in [6, 6.07) is 21.0. The van der Waals surface area contributed by atoms with Gasteiger partial charge in [-0.1, -0.05) is 35.9 Å². The van der Waals surface area contributed by atoms with E-state index in [0.29, 0.717) is 36.0 Å². The van der Waals surface area contributed by atoms with Crippen molar-refractivity contribution in [3.8, 4) is 11.8 Å². The molecule has 0 radical (unpaired) electrons. The van der Waals surface area contributed by atoms with Gasteiger partial charge in [-0.3, -0.25) is 4.90 Å². The maximum atomic E-state index is 13.8. The van der Waals surface area contributed by atoms with Crippen LogP contribution in [0.15, 0.2) is 66.7 Å². The normalized spacial score (nSPS) is 19.8. The zero-order valence-corrected chi connectivity index (χ0v) is 21.7. The Balaban J connectivity index is 1.63. The van der Waals surface area contributed by atoms with Gasteiger partial charge in [-0.25, -0.2) is 4.39 Å². The van der Waals surface area contributed by atoms with Crippen LogP contribution in [0.5, 0.6) is 5.75 Å². The molecule has 0 amide bonds. The van der Waals surface area contributed by atoms with Crippen LogP contribution < -0.4 is 9.64 Å². The van der Waals surface area contributed by atoms with E-state index in [0.717, 1.165) is 16.8 Å².